The van der Waals surface area contributed by atoms with E-state index >= 15 is 0 Å². The molecule has 0 spiro atoms. The monoisotopic (exact) mass is 204 g/mol. The fraction of sp³-hybridized carbons (Fsp3) is 0.571. The Balaban J connectivity index is 2.39. The molecule has 2 aliphatic carbocycles. The van der Waals surface area contributed by atoms with Crippen LogP contribution >= 0.6 is 0 Å². The van der Waals surface area contributed by atoms with Crippen molar-refractivity contribution in [2.45, 2.75) is 46.0 Å². The third-order valence-electron chi connectivity index (χ3n) is 3.45. The fourth-order valence-electron chi connectivity index (χ4n) is 2.65. The minimum Gasteiger partial charge on any atom is -0.501 e. The van der Waals surface area contributed by atoms with Gasteiger partial charge in [-0.15, -0.1) is 0 Å². The van der Waals surface area contributed by atoms with Gasteiger partial charge in [0.15, 0.2) is 0 Å². The molecule has 0 N–H and O–H groups in total. The highest BCUT2D eigenvalue weighted by Crippen LogP contribution is 2.39. The van der Waals surface area contributed by atoms with Crippen LogP contribution in [0.25, 0.3) is 0 Å². The molecule has 0 saturated heterocycles. The molecule has 0 unspecified atom stereocenters. The van der Waals surface area contributed by atoms with Crippen molar-refractivity contribution in [3.8, 4) is 0 Å². The fourth-order valence-corrected chi connectivity index (χ4v) is 2.65. The standard InChI is InChI=1S/C14H20O/c1-10(2)13-6-4-5-11-9-12(15-3)7-8-14(11)13/h9H,4-8H2,1-3H3. The van der Waals surface area contributed by atoms with Gasteiger partial charge in [0, 0.05) is 6.42 Å². The Bertz CT molecular complexity index is 352. The molecule has 0 amide bonds. The Hall–Kier alpha value is -0.980. The summed E-state index contributed by atoms with van der Waals surface area (Å²) in [6.07, 6.45) is 8.33. The van der Waals surface area contributed by atoms with Gasteiger partial charge in [-0.2, -0.15) is 0 Å². The molecule has 0 aromatic rings. The van der Waals surface area contributed by atoms with Crippen LogP contribution in [0.5, 0.6) is 0 Å². The Morgan fingerprint density at radius 2 is 1.93 bits per heavy atom. The summed E-state index contributed by atoms with van der Waals surface area (Å²) in [7, 11) is 1.78. The summed E-state index contributed by atoms with van der Waals surface area (Å²) < 4.78 is 5.35. The predicted molar refractivity (Wildman–Crippen MR) is 63.6 cm³/mol. The first kappa shape index (κ1) is 10.5. The highest BCUT2D eigenvalue weighted by atomic mass is 16.5. The van der Waals surface area contributed by atoms with Gasteiger partial charge in [0.25, 0.3) is 0 Å². The number of hydrogen-bond acceptors (Lipinski definition) is 1. The van der Waals surface area contributed by atoms with E-state index in [0.29, 0.717) is 0 Å². The molecular formula is C14H20O. The largest absolute Gasteiger partial charge is 0.501 e. The number of allylic oxidation sites excluding steroid dienone is 6. The Morgan fingerprint density at radius 1 is 1.13 bits per heavy atom. The average Bonchev–Trinajstić information content (AvgIpc) is 2.27. The van der Waals surface area contributed by atoms with E-state index in [9.17, 15) is 0 Å². The molecule has 0 atom stereocenters. The lowest BCUT2D eigenvalue weighted by Crippen LogP contribution is -2.09. The third kappa shape index (κ3) is 2.01. The number of hydrogen-bond donors (Lipinski definition) is 0. The van der Waals surface area contributed by atoms with Crippen LogP contribution in [-0.4, -0.2) is 7.11 Å². The van der Waals surface area contributed by atoms with Crippen molar-refractivity contribution < 1.29 is 4.74 Å². The van der Waals surface area contributed by atoms with Crippen molar-refractivity contribution in [2.24, 2.45) is 0 Å². The van der Waals surface area contributed by atoms with Gasteiger partial charge in [0.1, 0.15) is 0 Å². The zero-order valence-corrected chi connectivity index (χ0v) is 10.0. The summed E-state index contributed by atoms with van der Waals surface area (Å²) in [5, 5.41) is 0. The van der Waals surface area contributed by atoms with Crippen molar-refractivity contribution in [2.75, 3.05) is 7.11 Å². The lowest BCUT2D eigenvalue weighted by molar-refractivity contribution is 0.274. The van der Waals surface area contributed by atoms with Gasteiger partial charge in [-0.25, -0.2) is 0 Å². The summed E-state index contributed by atoms with van der Waals surface area (Å²) in [4.78, 5) is 0. The lowest BCUT2D eigenvalue weighted by Gasteiger charge is -2.27. The van der Waals surface area contributed by atoms with Crippen LogP contribution < -0.4 is 0 Å². The summed E-state index contributed by atoms with van der Waals surface area (Å²) in [5.74, 6) is 1.16. The van der Waals surface area contributed by atoms with Gasteiger partial charge >= 0.3 is 0 Å². The van der Waals surface area contributed by atoms with Gasteiger partial charge in [0.05, 0.1) is 12.9 Å². The van der Waals surface area contributed by atoms with Crippen LogP contribution in [0.3, 0.4) is 0 Å². The van der Waals surface area contributed by atoms with Crippen LogP contribution in [0.4, 0.5) is 0 Å². The second-order valence-corrected chi connectivity index (χ2v) is 4.65. The summed E-state index contributed by atoms with van der Waals surface area (Å²) in [6.45, 7) is 4.47. The van der Waals surface area contributed by atoms with Crippen LogP contribution in [0.15, 0.2) is 34.1 Å². The van der Waals surface area contributed by atoms with Crippen molar-refractivity contribution in [1.29, 1.82) is 0 Å². The van der Waals surface area contributed by atoms with Gasteiger partial charge in [-0.1, -0.05) is 5.57 Å². The molecule has 82 valence electrons. The molecule has 0 heterocycles. The Labute approximate surface area is 92.5 Å². The van der Waals surface area contributed by atoms with Gasteiger partial charge in [0.2, 0.25) is 0 Å². The van der Waals surface area contributed by atoms with Gasteiger partial charge in [-0.05, 0) is 62.3 Å². The second kappa shape index (κ2) is 4.26. The first-order chi connectivity index (χ1) is 7.22. The number of rotatable bonds is 1. The zero-order valence-electron chi connectivity index (χ0n) is 10.0. The molecule has 15 heavy (non-hydrogen) atoms. The maximum Gasteiger partial charge on any atom is 0.0961 e. The molecule has 0 radical (unpaired) electrons. The highest BCUT2D eigenvalue weighted by Gasteiger charge is 2.21. The third-order valence-corrected chi connectivity index (χ3v) is 3.45. The molecule has 0 fully saturated rings. The van der Waals surface area contributed by atoms with Gasteiger partial charge in [-0.3, -0.25) is 0 Å². The molecule has 0 aromatic carbocycles. The second-order valence-electron chi connectivity index (χ2n) is 4.65. The lowest BCUT2D eigenvalue weighted by atomic mass is 9.80. The molecule has 1 heteroatoms. The van der Waals surface area contributed by atoms with E-state index < -0.39 is 0 Å². The average molecular weight is 204 g/mol. The normalized spacial score (nSPS) is 21.0. The van der Waals surface area contributed by atoms with E-state index in [4.69, 9.17) is 4.74 Å². The van der Waals surface area contributed by atoms with Gasteiger partial charge < -0.3 is 4.74 Å². The Morgan fingerprint density at radius 3 is 2.60 bits per heavy atom. The SMILES string of the molecule is COC1=CC2=C(CC1)C(=C(C)C)CCC2. The maximum absolute atomic E-state index is 5.35. The smallest absolute Gasteiger partial charge is 0.0961 e. The van der Waals surface area contributed by atoms with E-state index in [-0.39, 0.29) is 0 Å². The number of ether oxygens (including phenoxy) is 1. The van der Waals surface area contributed by atoms with E-state index in [1.54, 1.807) is 18.3 Å². The number of methoxy groups -OCH3 is 1. The van der Waals surface area contributed by atoms with E-state index in [1.807, 2.05) is 0 Å². The van der Waals surface area contributed by atoms with E-state index in [2.05, 4.69) is 19.9 Å². The molecule has 0 aliphatic heterocycles. The molecule has 2 aliphatic rings. The summed E-state index contributed by atoms with van der Waals surface area (Å²) >= 11 is 0. The summed E-state index contributed by atoms with van der Waals surface area (Å²) in [6, 6.07) is 0. The zero-order chi connectivity index (χ0) is 10.8. The summed E-state index contributed by atoms with van der Waals surface area (Å²) in [5.41, 5.74) is 6.25. The van der Waals surface area contributed by atoms with Crippen LogP contribution in [0.2, 0.25) is 0 Å². The predicted octanol–water partition coefficient (Wildman–Crippen LogP) is 4.13. The van der Waals surface area contributed by atoms with Crippen molar-refractivity contribution >= 4 is 0 Å². The van der Waals surface area contributed by atoms with Crippen LogP contribution in [0, 0.1) is 0 Å². The van der Waals surface area contributed by atoms with Crippen LogP contribution in [-0.2, 0) is 4.74 Å². The van der Waals surface area contributed by atoms with E-state index in [1.165, 1.54) is 36.8 Å². The molecular weight excluding hydrogens is 184 g/mol. The van der Waals surface area contributed by atoms with Crippen LogP contribution in [0.1, 0.15) is 46.0 Å². The molecule has 2 rings (SSSR count). The van der Waals surface area contributed by atoms with Crippen molar-refractivity contribution in [3.05, 3.63) is 34.1 Å². The topological polar surface area (TPSA) is 9.23 Å². The quantitative estimate of drug-likeness (QED) is 0.624. The first-order valence-corrected chi connectivity index (χ1v) is 5.85. The van der Waals surface area contributed by atoms with Crippen molar-refractivity contribution in [1.82, 2.24) is 0 Å². The maximum atomic E-state index is 5.35. The van der Waals surface area contributed by atoms with Crippen molar-refractivity contribution in [3.63, 3.8) is 0 Å². The first-order valence-electron chi connectivity index (χ1n) is 5.85. The molecule has 1 nitrogen and oxygen atoms in total. The highest BCUT2D eigenvalue weighted by molar-refractivity contribution is 5.47. The van der Waals surface area contributed by atoms with E-state index in [0.717, 1.165) is 12.2 Å². The Kier molecular flexibility index (Phi) is 2.99. The minimum atomic E-state index is 1.08. The molecule has 0 aromatic heterocycles. The molecule has 0 saturated carbocycles. The molecule has 0 bridgehead atoms. The minimum absolute atomic E-state index is 1.08.